The Balaban J connectivity index is 1.65. The van der Waals surface area contributed by atoms with Crippen molar-refractivity contribution in [1.82, 2.24) is 19.6 Å². The Morgan fingerprint density at radius 3 is 2.05 bits per heavy atom. The molecule has 0 radical (unpaired) electrons. The summed E-state index contributed by atoms with van der Waals surface area (Å²) in [6.45, 7) is 13.3. The summed E-state index contributed by atoms with van der Waals surface area (Å²) in [7, 11) is 3.67. The van der Waals surface area contributed by atoms with Crippen LogP contribution in [0.1, 0.15) is 26.7 Å². The van der Waals surface area contributed by atoms with E-state index in [4.69, 9.17) is 0 Å². The molecule has 1 amide bonds. The Hall–Kier alpha value is -0.650. The molecule has 0 bridgehead atoms. The molecule has 2 aliphatic rings. The van der Waals surface area contributed by atoms with Crippen LogP contribution in [0.3, 0.4) is 0 Å². The number of likely N-dealkylation sites (N-methyl/N-ethyl adjacent to an activating group) is 1. The number of rotatable bonds is 5. The second-order valence-electron chi connectivity index (χ2n) is 7.44. The van der Waals surface area contributed by atoms with Gasteiger partial charge in [-0.2, -0.15) is 0 Å². The fourth-order valence-corrected chi connectivity index (χ4v) is 3.48. The Kier molecular flexibility index (Phi) is 6.66. The topological polar surface area (TPSA) is 30.0 Å². The van der Waals surface area contributed by atoms with Crippen molar-refractivity contribution in [1.29, 1.82) is 0 Å². The van der Waals surface area contributed by atoms with Crippen molar-refractivity contribution in [2.75, 3.05) is 66.5 Å². The zero-order chi connectivity index (χ0) is 16.1. The van der Waals surface area contributed by atoms with Gasteiger partial charge in [0.15, 0.2) is 0 Å². The lowest BCUT2D eigenvalue weighted by Crippen LogP contribution is -2.51. The van der Waals surface area contributed by atoms with Crippen LogP contribution < -0.4 is 0 Å². The van der Waals surface area contributed by atoms with Crippen LogP contribution in [0, 0.1) is 5.92 Å². The molecule has 0 saturated carbocycles. The van der Waals surface area contributed by atoms with Crippen LogP contribution in [0.5, 0.6) is 0 Å². The molecule has 5 nitrogen and oxygen atoms in total. The number of piperidine rings is 1. The molecule has 0 N–H and O–H groups in total. The molecule has 0 aromatic heterocycles. The lowest BCUT2D eigenvalue weighted by atomic mass is 9.95. The van der Waals surface area contributed by atoms with E-state index in [1.54, 1.807) is 4.90 Å². The minimum absolute atomic E-state index is 0.217. The van der Waals surface area contributed by atoms with Gasteiger partial charge >= 0.3 is 0 Å². The molecule has 0 aromatic rings. The van der Waals surface area contributed by atoms with Gasteiger partial charge in [0.1, 0.15) is 0 Å². The lowest BCUT2D eigenvalue weighted by molar-refractivity contribution is -0.130. The summed E-state index contributed by atoms with van der Waals surface area (Å²) in [5, 5.41) is 0. The maximum atomic E-state index is 11.8. The highest BCUT2D eigenvalue weighted by Gasteiger charge is 2.25. The summed E-state index contributed by atoms with van der Waals surface area (Å²) in [5.41, 5.74) is 0. The van der Waals surface area contributed by atoms with E-state index in [0.717, 1.165) is 32.1 Å². The monoisotopic (exact) mass is 310 g/mol. The van der Waals surface area contributed by atoms with Gasteiger partial charge in [-0.1, -0.05) is 0 Å². The first-order chi connectivity index (χ1) is 10.5. The number of hydrogen-bond donors (Lipinski definition) is 0. The SMILES string of the molecule is CC(C)N1CCC(CN2CCN(CC(=O)N(C)C)CC2)CC1. The third-order valence-electron chi connectivity index (χ3n) is 5.22. The van der Waals surface area contributed by atoms with Crippen molar-refractivity contribution in [2.24, 2.45) is 5.92 Å². The number of likely N-dealkylation sites (tertiary alicyclic amines) is 1. The van der Waals surface area contributed by atoms with Crippen LogP contribution in [0.4, 0.5) is 0 Å². The fraction of sp³-hybridized carbons (Fsp3) is 0.941. The van der Waals surface area contributed by atoms with Crippen LogP contribution in [-0.4, -0.2) is 98.0 Å². The van der Waals surface area contributed by atoms with Gasteiger partial charge in [-0.3, -0.25) is 9.69 Å². The number of piperazine rings is 1. The molecule has 0 spiro atoms. The van der Waals surface area contributed by atoms with Crippen molar-refractivity contribution in [2.45, 2.75) is 32.7 Å². The highest BCUT2D eigenvalue weighted by Crippen LogP contribution is 2.20. The van der Waals surface area contributed by atoms with Gasteiger partial charge in [0.05, 0.1) is 6.54 Å². The van der Waals surface area contributed by atoms with E-state index in [9.17, 15) is 4.79 Å². The molecule has 0 atom stereocenters. The molecular formula is C17H34N4O. The second kappa shape index (κ2) is 8.27. The first-order valence-electron chi connectivity index (χ1n) is 8.84. The third kappa shape index (κ3) is 5.21. The molecule has 2 aliphatic heterocycles. The largest absolute Gasteiger partial charge is 0.348 e. The maximum Gasteiger partial charge on any atom is 0.236 e. The van der Waals surface area contributed by atoms with E-state index >= 15 is 0 Å². The predicted octanol–water partition coefficient (Wildman–Crippen LogP) is 0.813. The minimum atomic E-state index is 0.217. The van der Waals surface area contributed by atoms with Crippen LogP contribution in [0.2, 0.25) is 0 Å². The highest BCUT2D eigenvalue weighted by molar-refractivity contribution is 5.77. The summed E-state index contributed by atoms with van der Waals surface area (Å²) in [6.07, 6.45) is 2.69. The number of hydrogen-bond acceptors (Lipinski definition) is 4. The third-order valence-corrected chi connectivity index (χ3v) is 5.22. The maximum absolute atomic E-state index is 11.8. The Labute approximate surface area is 136 Å². The first-order valence-corrected chi connectivity index (χ1v) is 8.84. The molecule has 2 heterocycles. The van der Waals surface area contributed by atoms with Gasteiger partial charge in [0.2, 0.25) is 5.91 Å². The second-order valence-corrected chi connectivity index (χ2v) is 7.44. The zero-order valence-electron chi connectivity index (χ0n) is 14.9. The van der Waals surface area contributed by atoms with Crippen molar-refractivity contribution >= 4 is 5.91 Å². The molecular weight excluding hydrogens is 276 g/mol. The van der Waals surface area contributed by atoms with E-state index in [1.807, 2.05) is 14.1 Å². The van der Waals surface area contributed by atoms with Gasteiger partial charge in [-0.05, 0) is 45.7 Å². The summed E-state index contributed by atoms with van der Waals surface area (Å²) in [4.78, 5) is 20.9. The summed E-state index contributed by atoms with van der Waals surface area (Å²) < 4.78 is 0. The van der Waals surface area contributed by atoms with Crippen molar-refractivity contribution in [3.05, 3.63) is 0 Å². The van der Waals surface area contributed by atoms with Crippen LogP contribution in [-0.2, 0) is 4.79 Å². The molecule has 128 valence electrons. The number of nitrogens with zero attached hydrogens (tertiary/aromatic N) is 4. The standard InChI is InChI=1S/C17H34N4O/c1-15(2)21-7-5-16(6-8-21)13-19-9-11-20(12-10-19)14-17(22)18(3)4/h15-16H,5-14H2,1-4H3. The molecule has 5 heteroatoms. The van der Waals surface area contributed by atoms with Crippen LogP contribution >= 0.6 is 0 Å². The molecule has 22 heavy (non-hydrogen) atoms. The molecule has 2 fully saturated rings. The van der Waals surface area contributed by atoms with Gasteiger partial charge < -0.3 is 14.7 Å². The highest BCUT2D eigenvalue weighted by atomic mass is 16.2. The van der Waals surface area contributed by atoms with E-state index in [-0.39, 0.29) is 5.91 Å². The van der Waals surface area contributed by atoms with Gasteiger partial charge in [-0.25, -0.2) is 0 Å². The van der Waals surface area contributed by atoms with Gasteiger partial charge in [0.25, 0.3) is 0 Å². The smallest absolute Gasteiger partial charge is 0.236 e. The molecule has 0 aliphatic carbocycles. The van der Waals surface area contributed by atoms with E-state index < -0.39 is 0 Å². The lowest BCUT2D eigenvalue weighted by Gasteiger charge is -2.39. The Bertz CT molecular complexity index is 343. The first kappa shape index (κ1) is 17.7. The van der Waals surface area contributed by atoms with Crippen molar-refractivity contribution in [3.8, 4) is 0 Å². The zero-order valence-corrected chi connectivity index (χ0v) is 14.9. The minimum Gasteiger partial charge on any atom is -0.348 e. The number of amides is 1. The predicted molar refractivity (Wildman–Crippen MR) is 91.0 cm³/mol. The summed E-state index contributed by atoms with van der Waals surface area (Å²) >= 11 is 0. The van der Waals surface area contributed by atoms with E-state index in [0.29, 0.717) is 12.6 Å². The Morgan fingerprint density at radius 1 is 1.00 bits per heavy atom. The molecule has 0 unspecified atom stereocenters. The summed E-state index contributed by atoms with van der Waals surface area (Å²) in [6, 6.07) is 0.693. The number of carbonyl (C=O) groups excluding carboxylic acids is 1. The van der Waals surface area contributed by atoms with E-state index in [1.165, 1.54) is 32.5 Å². The van der Waals surface area contributed by atoms with Crippen molar-refractivity contribution in [3.63, 3.8) is 0 Å². The Morgan fingerprint density at radius 2 is 1.55 bits per heavy atom. The van der Waals surface area contributed by atoms with Crippen LogP contribution in [0.15, 0.2) is 0 Å². The van der Waals surface area contributed by atoms with Crippen LogP contribution in [0.25, 0.3) is 0 Å². The normalized spacial score (nSPS) is 23.1. The van der Waals surface area contributed by atoms with Gasteiger partial charge in [-0.15, -0.1) is 0 Å². The molecule has 2 saturated heterocycles. The average molecular weight is 310 g/mol. The fourth-order valence-electron chi connectivity index (χ4n) is 3.48. The average Bonchev–Trinajstić information content (AvgIpc) is 2.49. The van der Waals surface area contributed by atoms with Gasteiger partial charge in [0, 0.05) is 52.9 Å². The molecule has 0 aromatic carbocycles. The quantitative estimate of drug-likeness (QED) is 0.752. The summed E-state index contributed by atoms with van der Waals surface area (Å²) in [5.74, 6) is 1.08. The van der Waals surface area contributed by atoms with E-state index in [2.05, 4.69) is 28.5 Å². The number of carbonyl (C=O) groups is 1. The molecule has 2 rings (SSSR count). The van der Waals surface area contributed by atoms with Crippen molar-refractivity contribution < 1.29 is 4.79 Å².